The molecule has 0 bridgehead atoms. The highest BCUT2D eigenvalue weighted by molar-refractivity contribution is 5.75. The molecule has 0 saturated carbocycles. The Hall–Kier alpha value is 0.137. The highest BCUT2D eigenvalue weighted by atomic mass is 28.1. The zero-order chi connectivity index (χ0) is 5.70. The third-order valence-electron chi connectivity index (χ3n) is 0.563. The molecule has 0 aliphatic rings. The maximum absolute atomic E-state index is 8.56. The van der Waals surface area contributed by atoms with Gasteiger partial charge in [-0.25, -0.2) is 0 Å². The van der Waals surface area contributed by atoms with E-state index in [0.717, 1.165) is 0 Å². The van der Waals surface area contributed by atoms with E-state index in [4.69, 9.17) is 9.84 Å². The smallest absolute Gasteiger partial charge is 0.0745 e. The fourth-order valence-electron chi connectivity index (χ4n) is 0.288. The molecule has 4 radical (unpaired) electrons. The first-order valence-corrected chi connectivity index (χ1v) is 2.53. The van der Waals surface area contributed by atoms with E-state index < -0.39 is 0 Å². The Bertz CT molecular complexity index is 39.4. The van der Waals surface area contributed by atoms with E-state index in [1.54, 1.807) is 6.92 Å². The first-order chi connectivity index (χ1) is 3.27. The predicted molar refractivity (Wildman–Crippen MR) is 33.9 cm³/mol. The second kappa shape index (κ2) is 7.14. The normalized spacial score (nSPS) is 12.4. The zero-order valence-corrected chi connectivity index (χ0v) is 6.35. The van der Waals surface area contributed by atoms with Crippen molar-refractivity contribution < 1.29 is 9.84 Å². The number of hydrogen-bond acceptors (Lipinski definition) is 2. The molecule has 0 amide bonds. The summed E-state index contributed by atoms with van der Waals surface area (Å²) in [6.07, 6.45) is -0.319. The maximum atomic E-state index is 8.56. The van der Waals surface area contributed by atoms with Crippen molar-refractivity contribution in [1.29, 1.82) is 0 Å². The van der Waals surface area contributed by atoms with Gasteiger partial charge in [0.2, 0.25) is 0 Å². The lowest BCUT2D eigenvalue weighted by molar-refractivity contribution is 0.0527. The maximum Gasteiger partial charge on any atom is 0.0745 e. The lowest BCUT2D eigenvalue weighted by atomic mass is 10.4. The molecule has 2 nitrogen and oxygen atoms in total. The zero-order valence-electron chi connectivity index (χ0n) is 5.35. The number of aliphatic hydroxyl groups excluding tert-OH is 1. The summed E-state index contributed by atoms with van der Waals surface area (Å²) in [5.41, 5.74) is 0. The summed E-state index contributed by atoms with van der Waals surface area (Å²) in [6, 6.07) is 0. The minimum atomic E-state index is -0.319. The van der Waals surface area contributed by atoms with Gasteiger partial charge in [0.25, 0.3) is 0 Å². The molecule has 1 atom stereocenters. The second-order valence-electron chi connectivity index (χ2n) is 1.51. The molecule has 8 heavy (non-hydrogen) atoms. The van der Waals surface area contributed by atoms with E-state index in [1.807, 2.05) is 6.92 Å². The summed E-state index contributed by atoms with van der Waals surface area (Å²) in [5, 5.41) is 8.56. The lowest BCUT2D eigenvalue weighted by Crippen LogP contribution is -2.09. The van der Waals surface area contributed by atoms with Crippen LogP contribution in [0.1, 0.15) is 13.8 Å². The molecule has 0 spiro atoms. The van der Waals surface area contributed by atoms with E-state index in [2.05, 4.69) is 0 Å². The number of aliphatic hydroxyl groups is 1. The summed E-state index contributed by atoms with van der Waals surface area (Å²) >= 11 is 0. The average molecular weight is 132 g/mol. The van der Waals surface area contributed by atoms with Gasteiger partial charge in [-0.05, 0) is 13.8 Å². The van der Waals surface area contributed by atoms with Crippen LogP contribution in [0.15, 0.2) is 0 Å². The van der Waals surface area contributed by atoms with Crippen molar-refractivity contribution >= 4 is 11.0 Å². The Morgan fingerprint density at radius 1 is 1.62 bits per heavy atom. The average Bonchev–Trinajstić information content (AvgIpc) is 1.61. The predicted octanol–water partition coefficient (Wildman–Crippen LogP) is 0.0229. The van der Waals surface area contributed by atoms with Crippen LogP contribution in [0.2, 0.25) is 0 Å². The summed E-state index contributed by atoms with van der Waals surface area (Å²) < 4.78 is 4.84. The third kappa shape index (κ3) is 9.46. The van der Waals surface area contributed by atoms with Gasteiger partial charge < -0.3 is 9.84 Å². The molecule has 0 aliphatic heterocycles. The minimum Gasteiger partial charge on any atom is -0.391 e. The van der Waals surface area contributed by atoms with Crippen LogP contribution in [0.25, 0.3) is 0 Å². The Morgan fingerprint density at radius 2 is 2.12 bits per heavy atom. The number of hydrogen-bond donors (Lipinski definition) is 1. The van der Waals surface area contributed by atoms with E-state index in [1.165, 1.54) is 0 Å². The Kier molecular flexibility index (Phi) is 9.82. The molecular formula is C5H12O2Si. The van der Waals surface area contributed by atoms with Crippen molar-refractivity contribution in [1.82, 2.24) is 0 Å². The molecule has 0 rings (SSSR count). The molecule has 3 heteroatoms. The molecule has 48 valence electrons. The summed E-state index contributed by atoms with van der Waals surface area (Å²) in [7, 11) is 0. The second-order valence-corrected chi connectivity index (χ2v) is 1.51. The van der Waals surface area contributed by atoms with Gasteiger partial charge >= 0.3 is 0 Å². The number of rotatable bonds is 3. The van der Waals surface area contributed by atoms with E-state index in [9.17, 15) is 0 Å². The molecule has 0 aromatic heterocycles. The van der Waals surface area contributed by atoms with E-state index in [0.29, 0.717) is 13.2 Å². The van der Waals surface area contributed by atoms with Crippen LogP contribution in [0.3, 0.4) is 0 Å². The van der Waals surface area contributed by atoms with Crippen molar-refractivity contribution in [2.24, 2.45) is 0 Å². The summed E-state index contributed by atoms with van der Waals surface area (Å²) in [6.45, 7) is 4.75. The van der Waals surface area contributed by atoms with Crippen LogP contribution in [0, 0.1) is 0 Å². The monoisotopic (exact) mass is 132 g/mol. The third-order valence-corrected chi connectivity index (χ3v) is 0.563. The van der Waals surface area contributed by atoms with Gasteiger partial charge in [-0.15, -0.1) is 0 Å². The van der Waals surface area contributed by atoms with Crippen molar-refractivity contribution in [3.05, 3.63) is 0 Å². The molecule has 1 unspecified atom stereocenters. The Balaban J connectivity index is 0. The highest BCUT2D eigenvalue weighted by Crippen LogP contribution is 1.79. The first-order valence-electron chi connectivity index (χ1n) is 2.53. The summed E-state index contributed by atoms with van der Waals surface area (Å²) in [4.78, 5) is 0. The minimum absolute atomic E-state index is 0. The van der Waals surface area contributed by atoms with Gasteiger partial charge in [0.15, 0.2) is 0 Å². The Morgan fingerprint density at radius 3 is 2.25 bits per heavy atom. The quantitative estimate of drug-likeness (QED) is 0.549. The molecule has 0 aromatic rings. The van der Waals surface area contributed by atoms with Gasteiger partial charge in [-0.1, -0.05) is 0 Å². The van der Waals surface area contributed by atoms with Crippen LogP contribution in [-0.4, -0.2) is 35.4 Å². The molecular weight excluding hydrogens is 120 g/mol. The number of ether oxygens (including phenoxy) is 1. The van der Waals surface area contributed by atoms with Crippen LogP contribution < -0.4 is 0 Å². The lowest BCUT2D eigenvalue weighted by Gasteiger charge is -2.00. The van der Waals surface area contributed by atoms with E-state index in [-0.39, 0.29) is 17.1 Å². The molecule has 0 aliphatic carbocycles. The van der Waals surface area contributed by atoms with Crippen LogP contribution in [0.4, 0.5) is 0 Å². The van der Waals surface area contributed by atoms with Crippen LogP contribution in [-0.2, 0) is 4.74 Å². The van der Waals surface area contributed by atoms with Gasteiger partial charge in [0.05, 0.1) is 12.7 Å². The van der Waals surface area contributed by atoms with Gasteiger partial charge in [0.1, 0.15) is 0 Å². The first kappa shape index (κ1) is 11.0. The standard InChI is InChI=1S/C5H12O2.Si/c1-3-7-4-5(2)6;/h5-6H,3-4H2,1-2H3;. The fraction of sp³-hybridized carbons (Fsp3) is 1.00. The van der Waals surface area contributed by atoms with Crippen molar-refractivity contribution in [3.8, 4) is 0 Å². The van der Waals surface area contributed by atoms with Gasteiger partial charge in [0, 0.05) is 17.6 Å². The van der Waals surface area contributed by atoms with Crippen LogP contribution >= 0.6 is 0 Å². The van der Waals surface area contributed by atoms with E-state index >= 15 is 0 Å². The van der Waals surface area contributed by atoms with Crippen molar-refractivity contribution in [2.45, 2.75) is 20.0 Å². The molecule has 1 N–H and O–H groups in total. The Labute approximate surface area is 54.9 Å². The largest absolute Gasteiger partial charge is 0.391 e. The highest BCUT2D eigenvalue weighted by Gasteiger charge is 1.89. The molecule has 0 aromatic carbocycles. The van der Waals surface area contributed by atoms with Gasteiger partial charge in [-0.3, -0.25) is 0 Å². The SMILES string of the molecule is CCOCC(C)O.[Si]. The molecule has 0 heterocycles. The van der Waals surface area contributed by atoms with Gasteiger partial charge in [-0.2, -0.15) is 0 Å². The topological polar surface area (TPSA) is 29.5 Å². The van der Waals surface area contributed by atoms with Crippen LogP contribution in [0.5, 0.6) is 0 Å². The fourth-order valence-corrected chi connectivity index (χ4v) is 0.288. The van der Waals surface area contributed by atoms with Crippen molar-refractivity contribution in [3.63, 3.8) is 0 Å². The molecule has 0 saturated heterocycles. The summed E-state index contributed by atoms with van der Waals surface area (Å²) in [5.74, 6) is 0. The van der Waals surface area contributed by atoms with Crippen molar-refractivity contribution in [2.75, 3.05) is 13.2 Å². The molecule has 0 fully saturated rings.